The number of rotatable bonds is 3. The largest absolute Gasteiger partial charge is 0.358 e. The first-order valence-corrected chi connectivity index (χ1v) is 9.41. The van der Waals surface area contributed by atoms with Gasteiger partial charge in [0.25, 0.3) is 11.8 Å². The van der Waals surface area contributed by atoms with E-state index < -0.39 is 0 Å². The van der Waals surface area contributed by atoms with Crippen molar-refractivity contribution in [3.05, 3.63) is 63.8 Å². The van der Waals surface area contributed by atoms with Gasteiger partial charge in [-0.25, -0.2) is 0 Å². The van der Waals surface area contributed by atoms with Crippen LogP contribution in [0.1, 0.15) is 44.8 Å². The van der Waals surface area contributed by atoms with Gasteiger partial charge in [0.1, 0.15) is 0 Å². The summed E-state index contributed by atoms with van der Waals surface area (Å²) in [6, 6.07) is 10.7. The lowest BCUT2D eigenvalue weighted by Crippen LogP contribution is -2.19. The SMILES string of the molecule is CNC(=O)c1cc(NC(=O)c2cccc3c4c([nH]c23)CCCC4)ccc1Cl. The smallest absolute Gasteiger partial charge is 0.257 e. The molecule has 0 atom stereocenters. The summed E-state index contributed by atoms with van der Waals surface area (Å²) in [6.07, 6.45) is 4.43. The summed E-state index contributed by atoms with van der Waals surface area (Å²) in [5.41, 5.74) is 4.90. The van der Waals surface area contributed by atoms with Crippen molar-refractivity contribution in [3.63, 3.8) is 0 Å². The number of fused-ring (bicyclic) bond motifs is 3. The van der Waals surface area contributed by atoms with E-state index in [-0.39, 0.29) is 11.8 Å². The first kappa shape index (κ1) is 17.6. The van der Waals surface area contributed by atoms with Crippen LogP contribution < -0.4 is 10.6 Å². The fraction of sp³-hybridized carbons (Fsp3) is 0.238. The molecule has 0 aliphatic heterocycles. The zero-order valence-corrected chi connectivity index (χ0v) is 15.7. The fourth-order valence-electron chi connectivity index (χ4n) is 3.73. The average Bonchev–Trinajstić information content (AvgIpc) is 3.07. The molecule has 0 unspecified atom stereocenters. The second-order valence-corrected chi connectivity index (χ2v) is 7.15. The highest BCUT2D eigenvalue weighted by molar-refractivity contribution is 6.34. The van der Waals surface area contributed by atoms with Crippen molar-refractivity contribution < 1.29 is 9.59 Å². The Kier molecular flexibility index (Phi) is 4.62. The van der Waals surface area contributed by atoms with E-state index in [1.807, 2.05) is 12.1 Å². The highest BCUT2D eigenvalue weighted by Gasteiger charge is 2.19. The summed E-state index contributed by atoms with van der Waals surface area (Å²) in [6.45, 7) is 0. The lowest BCUT2D eigenvalue weighted by molar-refractivity contribution is 0.0961. The van der Waals surface area contributed by atoms with Gasteiger partial charge in [-0.2, -0.15) is 0 Å². The Hall–Kier alpha value is -2.79. The van der Waals surface area contributed by atoms with Gasteiger partial charge in [0, 0.05) is 23.8 Å². The van der Waals surface area contributed by atoms with E-state index in [1.54, 1.807) is 18.2 Å². The predicted molar refractivity (Wildman–Crippen MR) is 108 cm³/mol. The molecule has 3 N–H and O–H groups in total. The number of H-pyrrole nitrogens is 1. The van der Waals surface area contributed by atoms with Crippen molar-refractivity contribution in [3.8, 4) is 0 Å². The number of aromatic nitrogens is 1. The molecule has 2 amide bonds. The molecule has 4 rings (SSSR count). The molecule has 2 aromatic carbocycles. The van der Waals surface area contributed by atoms with Crippen LogP contribution in [0.5, 0.6) is 0 Å². The average molecular weight is 382 g/mol. The van der Waals surface area contributed by atoms with E-state index in [9.17, 15) is 9.59 Å². The lowest BCUT2D eigenvalue weighted by atomic mass is 9.95. The molecule has 138 valence electrons. The zero-order chi connectivity index (χ0) is 19.0. The van der Waals surface area contributed by atoms with Gasteiger partial charge < -0.3 is 15.6 Å². The Bertz CT molecular complexity index is 1060. The van der Waals surface area contributed by atoms with Crippen molar-refractivity contribution in [1.82, 2.24) is 10.3 Å². The topological polar surface area (TPSA) is 74.0 Å². The summed E-state index contributed by atoms with van der Waals surface area (Å²) in [5.74, 6) is -0.514. The molecule has 0 saturated heterocycles. The molecule has 1 aliphatic rings. The molecule has 5 nitrogen and oxygen atoms in total. The van der Waals surface area contributed by atoms with Crippen LogP contribution in [0.2, 0.25) is 5.02 Å². The first-order chi connectivity index (χ1) is 13.1. The van der Waals surface area contributed by atoms with E-state index in [2.05, 4.69) is 21.7 Å². The molecule has 1 aliphatic carbocycles. The number of para-hydroxylation sites is 1. The molecular weight excluding hydrogens is 362 g/mol. The molecule has 1 heterocycles. The van der Waals surface area contributed by atoms with Gasteiger partial charge >= 0.3 is 0 Å². The number of carbonyl (C=O) groups is 2. The number of aryl methyl sites for hydroxylation is 2. The van der Waals surface area contributed by atoms with Gasteiger partial charge in [-0.3, -0.25) is 9.59 Å². The first-order valence-electron chi connectivity index (χ1n) is 9.04. The Morgan fingerprint density at radius 1 is 1.04 bits per heavy atom. The maximum Gasteiger partial charge on any atom is 0.257 e. The van der Waals surface area contributed by atoms with Crippen LogP contribution in [0.15, 0.2) is 36.4 Å². The third kappa shape index (κ3) is 3.19. The highest BCUT2D eigenvalue weighted by atomic mass is 35.5. The van der Waals surface area contributed by atoms with Crippen LogP contribution in [0.4, 0.5) is 5.69 Å². The van der Waals surface area contributed by atoms with Gasteiger partial charge in [-0.1, -0.05) is 23.7 Å². The van der Waals surface area contributed by atoms with Gasteiger partial charge in [-0.05, 0) is 55.5 Å². The molecule has 0 radical (unpaired) electrons. The normalized spacial score (nSPS) is 13.3. The Morgan fingerprint density at radius 2 is 1.85 bits per heavy atom. The Morgan fingerprint density at radius 3 is 2.67 bits per heavy atom. The molecule has 0 bridgehead atoms. The van der Waals surface area contributed by atoms with Crippen molar-refractivity contribution >= 4 is 40.0 Å². The Labute approximate surface area is 162 Å². The maximum atomic E-state index is 12.9. The van der Waals surface area contributed by atoms with Crippen LogP contribution in [-0.4, -0.2) is 23.8 Å². The van der Waals surface area contributed by atoms with E-state index in [0.29, 0.717) is 21.8 Å². The Balaban J connectivity index is 1.68. The predicted octanol–water partition coefficient (Wildman–Crippen LogP) is 4.31. The van der Waals surface area contributed by atoms with E-state index in [4.69, 9.17) is 11.6 Å². The lowest BCUT2D eigenvalue weighted by Gasteiger charge is -2.10. The number of amides is 2. The molecular formula is C21H20ClN3O2. The minimum absolute atomic E-state index is 0.218. The maximum absolute atomic E-state index is 12.9. The summed E-state index contributed by atoms with van der Waals surface area (Å²) in [4.78, 5) is 28.3. The summed E-state index contributed by atoms with van der Waals surface area (Å²) >= 11 is 6.08. The third-order valence-electron chi connectivity index (χ3n) is 5.07. The molecule has 6 heteroatoms. The monoisotopic (exact) mass is 381 g/mol. The van der Waals surface area contributed by atoms with Gasteiger partial charge in [-0.15, -0.1) is 0 Å². The zero-order valence-electron chi connectivity index (χ0n) is 15.0. The van der Waals surface area contributed by atoms with E-state index in [0.717, 1.165) is 23.7 Å². The minimum Gasteiger partial charge on any atom is -0.358 e. The fourth-order valence-corrected chi connectivity index (χ4v) is 3.93. The molecule has 27 heavy (non-hydrogen) atoms. The molecule has 1 aromatic heterocycles. The van der Waals surface area contributed by atoms with Crippen molar-refractivity contribution in [1.29, 1.82) is 0 Å². The van der Waals surface area contributed by atoms with E-state index in [1.165, 1.54) is 31.1 Å². The third-order valence-corrected chi connectivity index (χ3v) is 5.40. The number of halogens is 1. The second-order valence-electron chi connectivity index (χ2n) is 6.75. The number of benzene rings is 2. The molecule has 0 saturated carbocycles. The van der Waals surface area contributed by atoms with Crippen LogP contribution in [0.25, 0.3) is 10.9 Å². The highest BCUT2D eigenvalue weighted by Crippen LogP contribution is 2.31. The minimum atomic E-state index is -0.296. The standard InChI is InChI=1S/C21H20ClN3O2/c1-23-20(26)16-11-12(9-10-17(16)22)24-21(27)15-7-4-6-14-13-5-2-3-8-18(13)25-19(14)15/h4,6-7,9-11,25H,2-3,5,8H2,1H3,(H,23,26)(H,24,27). The van der Waals surface area contributed by atoms with Crippen molar-refractivity contribution in [2.24, 2.45) is 0 Å². The second kappa shape index (κ2) is 7.08. The number of carbonyl (C=O) groups excluding carboxylic acids is 2. The number of anilines is 1. The van der Waals surface area contributed by atoms with Crippen LogP contribution in [-0.2, 0) is 12.8 Å². The van der Waals surface area contributed by atoms with Gasteiger partial charge in [0.05, 0.1) is 21.7 Å². The van der Waals surface area contributed by atoms with Crippen LogP contribution in [0, 0.1) is 0 Å². The number of aromatic amines is 1. The van der Waals surface area contributed by atoms with Gasteiger partial charge in [0.2, 0.25) is 0 Å². The van der Waals surface area contributed by atoms with Crippen molar-refractivity contribution in [2.45, 2.75) is 25.7 Å². The van der Waals surface area contributed by atoms with Crippen LogP contribution in [0.3, 0.4) is 0 Å². The van der Waals surface area contributed by atoms with Gasteiger partial charge in [0.15, 0.2) is 0 Å². The summed E-state index contributed by atoms with van der Waals surface area (Å²) in [7, 11) is 1.54. The van der Waals surface area contributed by atoms with Crippen LogP contribution >= 0.6 is 11.6 Å². The number of nitrogens with one attached hydrogen (secondary N) is 3. The quantitative estimate of drug-likeness (QED) is 0.632. The molecule has 3 aromatic rings. The summed E-state index contributed by atoms with van der Waals surface area (Å²) in [5, 5.41) is 6.89. The summed E-state index contributed by atoms with van der Waals surface area (Å²) < 4.78 is 0. The number of hydrogen-bond acceptors (Lipinski definition) is 2. The number of hydrogen-bond donors (Lipinski definition) is 3. The van der Waals surface area contributed by atoms with Crippen molar-refractivity contribution in [2.75, 3.05) is 12.4 Å². The molecule has 0 fully saturated rings. The molecule has 0 spiro atoms. The van der Waals surface area contributed by atoms with E-state index >= 15 is 0 Å².